The summed E-state index contributed by atoms with van der Waals surface area (Å²) in [5.41, 5.74) is -0.934. The lowest BCUT2D eigenvalue weighted by molar-refractivity contribution is -0.132. The Balaban J connectivity index is -0.000000350. The quantitative estimate of drug-likeness (QED) is 0.0738. The molecule has 0 aromatic rings. The number of carbonyl (C=O) groups is 3. The number of hydrogen-bond donors (Lipinski definition) is 6. The first kappa shape index (κ1) is 44.5. The van der Waals surface area contributed by atoms with Crippen LogP contribution in [0.4, 0.5) is 0 Å². The van der Waals surface area contributed by atoms with Gasteiger partial charge in [-0.05, 0) is 13.3 Å². The molecule has 10 nitrogen and oxygen atoms in total. The van der Waals surface area contributed by atoms with Crippen molar-refractivity contribution in [3.05, 3.63) is 38.0 Å². The van der Waals surface area contributed by atoms with Crippen molar-refractivity contribution in [3.8, 4) is 0 Å². The number of carboxylic acid groups (broad SMARTS) is 3. The lowest BCUT2D eigenvalue weighted by atomic mass is 9.85. The molecular weight excluding hydrogens is 520 g/mol. The number of rotatable bonds is 22. The SMILES string of the molecule is C=CC(=O)O.C=CC(=O)O.C=CC(=O)O.CCCCCCCCCCCCCCCOC(C)C(CO)(CO)CO. The van der Waals surface area contributed by atoms with Crippen LogP contribution in [-0.4, -0.2) is 81.1 Å². The number of unbranched alkanes of at least 4 members (excludes halogenated alkanes) is 12. The van der Waals surface area contributed by atoms with Gasteiger partial charge in [-0.25, -0.2) is 14.4 Å². The van der Waals surface area contributed by atoms with Gasteiger partial charge >= 0.3 is 17.9 Å². The van der Waals surface area contributed by atoms with Crippen molar-refractivity contribution in [1.29, 1.82) is 0 Å². The number of aliphatic carboxylic acids is 3. The van der Waals surface area contributed by atoms with E-state index in [1.807, 2.05) is 6.92 Å². The van der Waals surface area contributed by atoms with E-state index in [-0.39, 0.29) is 25.9 Å². The summed E-state index contributed by atoms with van der Waals surface area (Å²) in [5, 5.41) is 50.9. The van der Waals surface area contributed by atoms with Crippen molar-refractivity contribution in [1.82, 2.24) is 0 Å². The minimum atomic E-state index is -0.981. The highest BCUT2D eigenvalue weighted by Crippen LogP contribution is 2.23. The molecule has 0 amide bonds. The van der Waals surface area contributed by atoms with E-state index in [4.69, 9.17) is 20.1 Å². The Bertz CT molecular complexity index is 579. The monoisotopic (exact) mass is 576 g/mol. The van der Waals surface area contributed by atoms with Crippen LogP contribution >= 0.6 is 0 Å². The van der Waals surface area contributed by atoms with Crippen LogP contribution in [0.5, 0.6) is 0 Å². The van der Waals surface area contributed by atoms with Crippen LogP contribution in [0.2, 0.25) is 0 Å². The van der Waals surface area contributed by atoms with E-state index in [0.29, 0.717) is 6.61 Å². The summed E-state index contributed by atoms with van der Waals surface area (Å²) < 4.78 is 5.70. The molecule has 10 heteroatoms. The summed E-state index contributed by atoms with van der Waals surface area (Å²) in [6.07, 6.45) is 19.3. The summed E-state index contributed by atoms with van der Waals surface area (Å²) in [6.45, 7) is 12.8. The van der Waals surface area contributed by atoms with Crippen molar-refractivity contribution in [2.24, 2.45) is 5.41 Å². The van der Waals surface area contributed by atoms with Crippen LogP contribution < -0.4 is 0 Å². The fraction of sp³-hybridized carbons (Fsp3) is 0.700. The maximum atomic E-state index is 9.36. The summed E-state index contributed by atoms with van der Waals surface area (Å²) in [7, 11) is 0. The Labute approximate surface area is 241 Å². The maximum Gasteiger partial charge on any atom is 0.327 e. The summed E-state index contributed by atoms with van der Waals surface area (Å²) >= 11 is 0. The van der Waals surface area contributed by atoms with E-state index in [2.05, 4.69) is 26.7 Å². The molecule has 0 aliphatic carbocycles. The van der Waals surface area contributed by atoms with Gasteiger partial charge in [0.2, 0.25) is 0 Å². The lowest BCUT2D eigenvalue weighted by Gasteiger charge is -2.33. The zero-order valence-corrected chi connectivity index (χ0v) is 24.8. The van der Waals surface area contributed by atoms with Gasteiger partial charge in [0.1, 0.15) is 0 Å². The highest BCUT2D eigenvalue weighted by molar-refractivity contribution is 5.79. The molecule has 40 heavy (non-hydrogen) atoms. The Morgan fingerprint density at radius 3 is 1.10 bits per heavy atom. The van der Waals surface area contributed by atoms with Gasteiger partial charge in [0.15, 0.2) is 0 Å². The van der Waals surface area contributed by atoms with Crippen molar-refractivity contribution >= 4 is 17.9 Å². The van der Waals surface area contributed by atoms with Crippen molar-refractivity contribution < 1.29 is 49.8 Å². The van der Waals surface area contributed by atoms with Crippen LogP contribution in [-0.2, 0) is 19.1 Å². The van der Waals surface area contributed by atoms with Crippen LogP contribution in [0, 0.1) is 5.41 Å². The first-order chi connectivity index (χ1) is 19.0. The molecule has 0 aliphatic rings. The van der Waals surface area contributed by atoms with E-state index in [9.17, 15) is 29.7 Å². The number of aliphatic hydroxyl groups excluding tert-OH is 3. The Hall–Kier alpha value is -2.53. The van der Waals surface area contributed by atoms with Crippen molar-refractivity contribution in [3.63, 3.8) is 0 Å². The van der Waals surface area contributed by atoms with Crippen LogP contribution in [0.15, 0.2) is 38.0 Å². The number of hydrogen-bond acceptors (Lipinski definition) is 7. The molecule has 0 rings (SSSR count). The van der Waals surface area contributed by atoms with E-state index in [0.717, 1.165) is 31.1 Å². The molecule has 0 saturated heterocycles. The third-order valence-electron chi connectivity index (χ3n) is 5.95. The largest absolute Gasteiger partial charge is 0.478 e. The van der Waals surface area contributed by atoms with Gasteiger partial charge < -0.3 is 35.4 Å². The predicted octanol–water partition coefficient (Wildman–Crippen LogP) is 5.22. The standard InChI is InChI=1S/C21H44O4.3C3H4O2/c1-3-4-5-6-7-8-9-10-11-12-13-14-15-16-25-20(2)21(17-22,18-23)19-24;3*1-2-3(4)5/h20,22-24H,3-19H2,1-2H3;3*2H,1H2,(H,4,5). The molecule has 1 atom stereocenters. The molecule has 0 fully saturated rings. The second kappa shape index (κ2) is 34.5. The Kier molecular flexibility index (Phi) is 38.4. The third-order valence-corrected chi connectivity index (χ3v) is 5.95. The fourth-order valence-electron chi connectivity index (χ4n) is 3.09. The number of carboxylic acids is 3. The Morgan fingerprint density at radius 1 is 0.625 bits per heavy atom. The maximum absolute atomic E-state index is 9.36. The molecular formula is C30H56O10. The third kappa shape index (κ3) is 35.5. The smallest absolute Gasteiger partial charge is 0.327 e. The van der Waals surface area contributed by atoms with Gasteiger partial charge in [0.05, 0.1) is 31.3 Å². The van der Waals surface area contributed by atoms with Crippen molar-refractivity contribution in [2.45, 2.75) is 103 Å². The van der Waals surface area contributed by atoms with Crippen LogP contribution in [0.25, 0.3) is 0 Å². The van der Waals surface area contributed by atoms with Gasteiger partial charge in [-0.1, -0.05) is 104 Å². The first-order valence-electron chi connectivity index (χ1n) is 14.0. The molecule has 0 bridgehead atoms. The van der Waals surface area contributed by atoms with Crippen LogP contribution in [0.3, 0.4) is 0 Å². The highest BCUT2D eigenvalue weighted by Gasteiger charge is 2.35. The zero-order chi connectivity index (χ0) is 31.7. The highest BCUT2D eigenvalue weighted by atomic mass is 16.5. The van der Waals surface area contributed by atoms with Crippen LogP contribution in [0.1, 0.15) is 97.3 Å². The van der Waals surface area contributed by atoms with Gasteiger partial charge in [0.25, 0.3) is 0 Å². The van der Waals surface area contributed by atoms with Gasteiger partial charge in [0, 0.05) is 24.8 Å². The average molecular weight is 577 g/mol. The molecule has 1 unspecified atom stereocenters. The summed E-state index contributed by atoms with van der Waals surface area (Å²) in [4.78, 5) is 27.8. The van der Waals surface area contributed by atoms with Crippen molar-refractivity contribution in [2.75, 3.05) is 26.4 Å². The van der Waals surface area contributed by atoms with Gasteiger partial charge in [-0.2, -0.15) is 0 Å². The molecule has 0 saturated carbocycles. The summed E-state index contributed by atoms with van der Waals surface area (Å²) in [6, 6.07) is 0. The normalized spacial score (nSPS) is 10.7. The minimum absolute atomic E-state index is 0.264. The molecule has 0 aromatic carbocycles. The summed E-state index contributed by atoms with van der Waals surface area (Å²) in [5.74, 6) is -2.94. The molecule has 0 aliphatic heterocycles. The topological polar surface area (TPSA) is 182 Å². The van der Waals surface area contributed by atoms with E-state index < -0.39 is 23.3 Å². The molecule has 0 aromatic heterocycles. The predicted molar refractivity (Wildman–Crippen MR) is 158 cm³/mol. The van der Waals surface area contributed by atoms with E-state index in [1.165, 1.54) is 70.6 Å². The van der Waals surface area contributed by atoms with Gasteiger partial charge in [-0.3, -0.25) is 0 Å². The Morgan fingerprint density at radius 2 is 0.875 bits per heavy atom. The minimum Gasteiger partial charge on any atom is -0.478 e. The first-order valence-corrected chi connectivity index (χ1v) is 14.0. The molecule has 0 heterocycles. The molecule has 6 N–H and O–H groups in total. The second-order valence-corrected chi connectivity index (χ2v) is 9.22. The number of ether oxygens (including phenoxy) is 1. The molecule has 236 valence electrons. The van der Waals surface area contributed by atoms with E-state index >= 15 is 0 Å². The lowest BCUT2D eigenvalue weighted by Crippen LogP contribution is -2.45. The zero-order valence-electron chi connectivity index (χ0n) is 24.8. The van der Waals surface area contributed by atoms with E-state index in [1.54, 1.807) is 0 Å². The average Bonchev–Trinajstić information content (AvgIpc) is 2.95. The molecule has 0 spiro atoms. The fourth-order valence-corrected chi connectivity index (χ4v) is 3.09. The second-order valence-electron chi connectivity index (χ2n) is 9.22. The van der Waals surface area contributed by atoms with Gasteiger partial charge in [-0.15, -0.1) is 0 Å². The molecule has 0 radical (unpaired) electrons. The number of aliphatic hydroxyl groups is 3.